The van der Waals surface area contributed by atoms with E-state index < -0.39 is 0 Å². The van der Waals surface area contributed by atoms with Gasteiger partial charge in [0.05, 0.1) is 26.5 Å². The quantitative estimate of drug-likeness (QED) is 0.786. The summed E-state index contributed by atoms with van der Waals surface area (Å²) in [5.41, 5.74) is 2.01. The predicted octanol–water partition coefficient (Wildman–Crippen LogP) is 3.90. The highest BCUT2D eigenvalue weighted by Gasteiger charge is 2.34. The Morgan fingerprint density at radius 1 is 1.21 bits per heavy atom. The molecular weight excluding hydrogens is 356 g/mol. The van der Waals surface area contributed by atoms with Gasteiger partial charge in [0.25, 0.3) is 0 Å². The van der Waals surface area contributed by atoms with Crippen LogP contribution in [0.1, 0.15) is 49.3 Å². The molecule has 1 heterocycles. The second kappa shape index (κ2) is 7.73. The molecule has 2 aromatic rings. The topological polar surface area (TPSA) is 68.6 Å². The van der Waals surface area contributed by atoms with Gasteiger partial charge in [-0.3, -0.25) is 10.00 Å². The van der Waals surface area contributed by atoms with Crippen LogP contribution in [0.2, 0.25) is 0 Å². The molecule has 28 heavy (non-hydrogen) atoms. The summed E-state index contributed by atoms with van der Waals surface area (Å²) in [5, 5.41) is 7.64. The van der Waals surface area contributed by atoms with Gasteiger partial charge in [-0.25, -0.2) is 4.79 Å². The van der Waals surface area contributed by atoms with Crippen LogP contribution < -0.4 is 14.8 Å². The summed E-state index contributed by atoms with van der Waals surface area (Å²) < 4.78 is 12.6. The number of carbonyl (C=O) groups is 1. The van der Waals surface area contributed by atoms with Crippen molar-refractivity contribution in [3.8, 4) is 11.5 Å². The molecule has 2 aliphatic rings. The minimum atomic E-state index is -0.101. The summed E-state index contributed by atoms with van der Waals surface area (Å²) in [5.74, 6) is 2.79. The van der Waals surface area contributed by atoms with E-state index in [4.69, 9.17) is 9.47 Å². The molecule has 2 saturated carbocycles. The molecule has 150 valence electrons. The average Bonchev–Trinajstić information content (AvgIpc) is 3.42. The number of amides is 2. The molecule has 2 aliphatic carbocycles. The largest absolute Gasteiger partial charge is 0.497 e. The monoisotopic (exact) mass is 384 g/mol. The van der Waals surface area contributed by atoms with Crippen molar-refractivity contribution in [2.75, 3.05) is 19.5 Å². The third-order valence-electron chi connectivity index (χ3n) is 5.73. The first-order valence-corrected chi connectivity index (χ1v) is 9.91. The van der Waals surface area contributed by atoms with Gasteiger partial charge in [-0.05, 0) is 43.9 Å². The number of ether oxygens (including phenoxy) is 2. The van der Waals surface area contributed by atoms with Gasteiger partial charge in [0.2, 0.25) is 0 Å². The summed E-state index contributed by atoms with van der Waals surface area (Å²) >= 11 is 0. The maximum Gasteiger partial charge on any atom is 0.323 e. The Bertz CT molecular complexity index is 855. The van der Waals surface area contributed by atoms with Gasteiger partial charge in [0.15, 0.2) is 0 Å². The SMILES string of the molecule is COc1ccc(OC)c(CN(C(=O)Nc2cc(C3CCC3)nn2C)C2CC2)c1. The number of aromatic nitrogens is 2. The molecule has 0 bridgehead atoms. The van der Waals surface area contributed by atoms with E-state index in [1.165, 1.54) is 19.3 Å². The number of nitrogens with zero attached hydrogens (tertiary/aromatic N) is 3. The molecule has 1 N–H and O–H groups in total. The van der Waals surface area contributed by atoms with Crippen molar-refractivity contribution in [3.63, 3.8) is 0 Å². The summed E-state index contributed by atoms with van der Waals surface area (Å²) in [7, 11) is 5.16. The zero-order chi connectivity index (χ0) is 19.7. The maximum absolute atomic E-state index is 13.1. The summed E-state index contributed by atoms with van der Waals surface area (Å²) in [6, 6.07) is 7.84. The lowest BCUT2D eigenvalue weighted by atomic mass is 9.83. The molecule has 7 heteroatoms. The van der Waals surface area contributed by atoms with Gasteiger partial charge in [-0.1, -0.05) is 6.42 Å². The summed E-state index contributed by atoms with van der Waals surface area (Å²) in [6.45, 7) is 0.476. The first-order valence-electron chi connectivity index (χ1n) is 9.91. The van der Waals surface area contributed by atoms with Crippen LogP contribution in [0.15, 0.2) is 24.3 Å². The zero-order valence-corrected chi connectivity index (χ0v) is 16.8. The van der Waals surface area contributed by atoms with Crippen LogP contribution in [-0.4, -0.2) is 41.0 Å². The van der Waals surface area contributed by atoms with Crippen LogP contribution in [0, 0.1) is 0 Å². The fraction of sp³-hybridized carbons (Fsp3) is 0.524. The fourth-order valence-electron chi connectivity index (χ4n) is 3.63. The van der Waals surface area contributed by atoms with Crippen molar-refractivity contribution in [1.29, 1.82) is 0 Å². The van der Waals surface area contributed by atoms with Crippen LogP contribution in [-0.2, 0) is 13.6 Å². The molecule has 0 spiro atoms. The van der Waals surface area contributed by atoms with Crippen LogP contribution in [0.3, 0.4) is 0 Å². The highest BCUT2D eigenvalue weighted by atomic mass is 16.5. The standard InChI is InChI=1S/C21H28N4O3/c1-24-20(12-18(23-24)14-5-4-6-14)22-21(26)25(16-7-8-16)13-15-11-17(27-2)9-10-19(15)28-3/h9-12,14,16H,4-8,13H2,1-3H3,(H,22,26). The number of urea groups is 1. The normalized spacial score (nSPS) is 16.4. The molecule has 2 fully saturated rings. The Balaban J connectivity index is 1.51. The highest BCUT2D eigenvalue weighted by Crippen LogP contribution is 2.37. The minimum absolute atomic E-state index is 0.101. The van der Waals surface area contributed by atoms with E-state index in [9.17, 15) is 4.79 Å². The van der Waals surface area contributed by atoms with Gasteiger partial charge in [0.1, 0.15) is 17.3 Å². The maximum atomic E-state index is 13.1. The Hall–Kier alpha value is -2.70. The third kappa shape index (κ3) is 3.79. The molecule has 4 rings (SSSR count). The van der Waals surface area contributed by atoms with Crippen molar-refractivity contribution in [2.24, 2.45) is 7.05 Å². The van der Waals surface area contributed by atoms with Crippen LogP contribution >= 0.6 is 0 Å². The molecule has 0 unspecified atom stereocenters. The van der Waals surface area contributed by atoms with Crippen LogP contribution in [0.25, 0.3) is 0 Å². The first kappa shape index (κ1) is 18.7. The van der Waals surface area contributed by atoms with Crippen molar-refractivity contribution < 1.29 is 14.3 Å². The molecular formula is C21H28N4O3. The van der Waals surface area contributed by atoms with Crippen LogP contribution in [0.5, 0.6) is 11.5 Å². The summed E-state index contributed by atoms with van der Waals surface area (Å²) in [4.78, 5) is 15.0. The summed E-state index contributed by atoms with van der Waals surface area (Å²) in [6.07, 6.45) is 5.69. The van der Waals surface area contributed by atoms with Gasteiger partial charge >= 0.3 is 6.03 Å². The number of aryl methyl sites for hydroxylation is 1. The Labute approximate surface area is 165 Å². The van der Waals surface area contributed by atoms with E-state index in [1.807, 2.05) is 36.2 Å². The van der Waals surface area contributed by atoms with E-state index in [1.54, 1.807) is 18.9 Å². The number of anilines is 1. The number of hydrogen-bond acceptors (Lipinski definition) is 4. The Morgan fingerprint density at radius 3 is 2.61 bits per heavy atom. The van der Waals surface area contributed by atoms with Gasteiger partial charge in [-0.15, -0.1) is 0 Å². The Morgan fingerprint density at radius 2 is 2.00 bits per heavy atom. The van der Waals surface area contributed by atoms with Crippen LogP contribution in [0.4, 0.5) is 10.6 Å². The number of carbonyl (C=O) groups excluding carboxylic acids is 1. The van der Waals surface area contributed by atoms with E-state index in [2.05, 4.69) is 10.4 Å². The predicted molar refractivity (Wildman–Crippen MR) is 107 cm³/mol. The molecule has 1 aromatic heterocycles. The molecule has 7 nitrogen and oxygen atoms in total. The van der Waals surface area contributed by atoms with Crippen molar-refractivity contribution in [3.05, 3.63) is 35.5 Å². The van der Waals surface area contributed by atoms with Crippen molar-refractivity contribution in [1.82, 2.24) is 14.7 Å². The molecule has 2 amide bonds. The van der Waals surface area contributed by atoms with Crippen molar-refractivity contribution >= 4 is 11.8 Å². The molecule has 0 aliphatic heterocycles. The van der Waals surface area contributed by atoms with Gasteiger partial charge < -0.3 is 14.4 Å². The molecule has 0 atom stereocenters. The Kier molecular flexibility index (Phi) is 5.15. The van der Waals surface area contributed by atoms with E-state index in [-0.39, 0.29) is 12.1 Å². The third-order valence-corrected chi connectivity index (χ3v) is 5.73. The van der Waals surface area contributed by atoms with Gasteiger partial charge in [0, 0.05) is 30.6 Å². The smallest absolute Gasteiger partial charge is 0.323 e. The van der Waals surface area contributed by atoms with Gasteiger partial charge in [-0.2, -0.15) is 5.10 Å². The second-order valence-corrected chi connectivity index (χ2v) is 7.67. The lowest BCUT2D eigenvalue weighted by molar-refractivity contribution is 0.205. The van der Waals surface area contributed by atoms with E-state index in [0.29, 0.717) is 12.5 Å². The fourth-order valence-corrected chi connectivity index (χ4v) is 3.63. The minimum Gasteiger partial charge on any atom is -0.497 e. The average molecular weight is 384 g/mol. The van der Waals surface area contributed by atoms with Crippen molar-refractivity contribution in [2.45, 2.75) is 50.6 Å². The lowest BCUT2D eigenvalue weighted by Crippen LogP contribution is -2.36. The number of benzene rings is 1. The van der Waals surface area contributed by atoms with E-state index >= 15 is 0 Å². The number of hydrogen-bond donors (Lipinski definition) is 1. The highest BCUT2D eigenvalue weighted by molar-refractivity contribution is 5.89. The first-order chi connectivity index (χ1) is 13.6. The molecule has 1 aromatic carbocycles. The van der Waals surface area contributed by atoms with E-state index in [0.717, 1.165) is 41.4 Å². The number of nitrogens with one attached hydrogen (secondary N) is 1. The zero-order valence-electron chi connectivity index (χ0n) is 16.8. The number of methoxy groups -OCH3 is 2. The molecule has 0 saturated heterocycles. The molecule has 0 radical (unpaired) electrons. The number of rotatable bonds is 7. The lowest BCUT2D eigenvalue weighted by Gasteiger charge is -2.24. The second-order valence-electron chi connectivity index (χ2n) is 7.67.